The third-order valence-electron chi connectivity index (χ3n) is 3.95. The van der Waals surface area contributed by atoms with Crippen LogP contribution in [0.4, 0.5) is 11.6 Å². The Kier molecular flexibility index (Phi) is 3.82. The van der Waals surface area contributed by atoms with Crippen LogP contribution in [0.25, 0.3) is 11.4 Å². The van der Waals surface area contributed by atoms with Crippen molar-refractivity contribution in [2.75, 3.05) is 12.4 Å². The molecule has 122 valence electrons. The van der Waals surface area contributed by atoms with Gasteiger partial charge in [-0.15, -0.1) is 0 Å². The number of benzene rings is 1. The number of aromatic nitrogens is 4. The monoisotopic (exact) mass is 341 g/mol. The minimum atomic E-state index is 0.447. The van der Waals surface area contributed by atoms with Gasteiger partial charge in [0.2, 0.25) is 0 Å². The standard InChI is InChI=1S/C17H16ClN5O/c1-24-12-6-4-11(5-7-12)16-19-9-13(18)17(21-16)20-15-8-14(22-23-15)10-2-3-10/h4-10H,2-3H2,1H3,(H2,19,20,21,22,23). The molecule has 6 nitrogen and oxygen atoms in total. The molecule has 4 rings (SSSR count). The Balaban J connectivity index is 1.59. The van der Waals surface area contributed by atoms with Crippen LogP contribution < -0.4 is 10.1 Å². The number of ether oxygens (including phenoxy) is 1. The first-order valence-corrected chi connectivity index (χ1v) is 8.10. The molecule has 0 spiro atoms. The van der Waals surface area contributed by atoms with E-state index < -0.39 is 0 Å². The van der Waals surface area contributed by atoms with Crippen LogP contribution in [-0.2, 0) is 0 Å². The van der Waals surface area contributed by atoms with Crippen molar-refractivity contribution in [1.29, 1.82) is 0 Å². The van der Waals surface area contributed by atoms with Gasteiger partial charge in [0.25, 0.3) is 0 Å². The fraction of sp³-hybridized carbons (Fsp3) is 0.235. The van der Waals surface area contributed by atoms with Gasteiger partial charge in [-0.25, -0.2) is 9.97 Å². The molecule has 0 bridgehead atoms. The number of anilines is 2. The number of hydrogen-bond donors (Lipinski definition) is 2. The van der Waals surface area contributed by atoms with Gasteiger partial charge in [-0.3, -0.25) is 5.10 Å². The number of hydrogen-bond acceptors (Lipinski definition) is 5. The molecule has 1 fully saturated rings. The molecule has 0 saturated heterocycles. The van der Waals surface area contributed by atoms with E-state index in [0.29, 0.717) is 28.4 Å². The smallest absolute Gasteiger partial charge is 0.161 e. The minimum absolute atomic E-state index is 0.447. The highest BCUT2D eigenvalue weighted by molar-refractivity contribution is 6.32. The normalized spacial score (nSPS) is 13.8. The molecule has 3 aromatic rings. The summed E-state index contributed by atoms with van der Waals surface area (Å²) in [4.78, 5) is 8.81. The van der Waals surface area contributed by atoms with Gasteiger partial charge in [0.15, 0.2) is 17.5 Å². The van der Waals surface area contributed by atoms with E-state index in [-0.39, 0.29) is 0 Å². The Morgan fingerprint density at radius 2 is 2.04 bits per heavy atom. The lowest BCUT2D eigenvalue weighted by Crippen LogP contribution is -1.98. The second-order valence-corrected chi connectivity index (χ2v) is 6.13. The van der Waals surface area contributed by atoms with E-state index in [1.165, 1.54) is 12.8 Å². The van der Waals surface area contributed by atoms with Gasteiger partial charge >= 0.3 is 0 Å². The maximum Gasteiger partial charge on any atom is 0.161 e. The summed E-state index contributed by atoms with van der Waals surface area (Å²) >= 11 is 6.22. The second-order valence-electron chi connectivity index (χ2n) is 5.73. The fourth-order valence-corrected chi connectivity index (χ4v) is 2.60. The lowest BCUT2D eigenvalue weighted by atomic mass is 10.2. The lowest BCUT2D eigenvalue weighted by molar-refractivity contribution is 0.415. The first-order chi connectivity index (χ1) is 11.7. The van der Waals surface area contributed by atoms with E-state index in [1.54, 1.807) is 13.3 Å². The lowest BCUT2D eigenvalue weighted by Gasteiger charge is -2.07. The summed E-state index contributed by atoms with van der Waals surface area (Å²) in [5.41, 5.74) is 2.04. The Labute approximate surface area is 144 Å². The number of nitrogens with one attached hydrogen (secondary N) is 2. The van der Waals surface area contributed by atoms with Crippen LogP contribution in [0.1, 0.15) is 24.5 Å². The molecule has 2 heterocycles. The number of methoxy groups -OCH3 is 1. The van der Waals surface area contributed by atoms with Crippen molar-refractivity contribution < 1.29 is 4.74 Å². The average molecular weight is 342 g/mol. The Hall–Kier alpha value is -2.60. The zero-order valence-electron chi connectivity index (χ0n) is 13.1. The molecule has 2 N–H and O–H groups in total. The first-order valence-electron chi connectivity index (χ1n) is 7.72. The van der Waals surface area contributed by atoms with Gasteiger partial charge in [-0.2, -0.15) is 5.10 Å². The number of aromatic amines is 1. The van der Waals surface area contributed by atoms with E-state index in [2.05, 4.69) is 25.5 Å². The fourth-order valence-electron chi connectivity index (χ4n) is 2.46. The summed E-state index contributed by atoms with van der Waals surface area (Å²) in [6, 6.07) is 9.56. The van der Waals surface area contributed by atoms with Crippen LogP contribution in [0.15, 0.2) is 36.5 Å². The van der Waals surface area contributed by atoms with Crippen molar-refractivity contribution in [3.63, 3.8) is 0 Å². The van der Waals surface area contributed by atoms with Gasteiger partial charge in [0.1, 0.15) is 10.8 Å². The molecule has 2 aromatic heterocycles. The van der Waals surface area contributed by atoms with Gasteiger partial charge in [-0.05, 0) is 37.1 Å². The Morgan fingerprint density at radius 3 is 2.75 bits per heavy atom. The SMILES string of the molecule is COc1ccc(-c2ncc(Cl)c(Nc3cc(C4CC4)[nH]n3)n2)cc1. The predicted octanol–water partition coefficient (Wildman–Crippen LogP) is 4.15. The Morgan fingerprint density at radius 1 is 1.25 bits per heavy atom. The van der Waals surface area contributed by atoms with Crippen molar-refractivity contribution in [3.8, 4) is 17.1 Å². The average Bonchev–Trinajstić information content (AvgIpc) is 3.36. The highest BCUT2D eigenvalue weighted by Crippen LogP contribution is 2.39. The zero-order chi connectivity index (χ0) is 16.5. The van der Waals surface area contributed by atoms with E-state index in [1.807, 2.05) is 30.3 Å². The summed E-state index contributed by atoms with van der Waals surface area (Å²) < 4.78 is 5.17. The highest BCUT2D eigenvalue weighted by atomic mass is 35.5. The van der Waals surface area contributed by atoms with E-state index in [4.69, 9.17) is 16.3 Å². The molecule has 7 heteroatoms. The topological polar surface area (TPSA) is 75.7 Å². The van der Waals surface area contributed by atoms with Crippen LogP contribution in [0.5, 0.6) is 5.75 Å². The summed E-state index contributed by atoms with van der Waals surface area (Å²) in [5, 5.41) is 10.9. The summed E-state index contributed by atoms with van der Waals surface area (Å²) in [6.07, 6.45) is 4.03. The molecule has 0 radical (unpaired) electrons. The summed E-state index contributed by atoms with van der Waals surface area (Å²) in [7, 11) is 1.63. The highest BCUT2D eigenvalue weighted by Gasteiger charge is 2.25. The van der Waals surface area contributed by atoms with Gasteiger partial charge in [-0.1, -0.05) is 11.6 Å². The first kappa shape index (κ1) is 15.0. The summed E-state index contributed by atoms with van der Waals surface area (Å²) in [5.74, 6) is 3.23. The molecule has 0 amide bonds. The molecular weight excluding hydrogens is 326 g/mol. The molecule has 24 heavy (non-hydrogen) atoms. The van der Waals surface area contributed by atoms with Crippen LogP contribution in [0.2, 0.25) is 5.02 Å². The van der Waals surface area contributed by atoms with Crippen LogP contribution in [0.3, 0.4) is 0 Å². The van der Waals surface area contributed by atoms with E-state index in [0.717, 1.165) is 17.0 Å². The molecule has 1 saturated carbocycles. The molecule has 0 unspecified atom stereocenters. The molecule has 0 aliphatic heterocycles. The third-order valence-corrected chi connectivity index (χ3v) is 4.23. The van der Waals surface area contributed by atoms with Gasteiger partial charge in [0, 0.05) is 23.2 Å². The third kappa shape index (κ3) is 3.05. The molecule has 1 aliphatic carbocycles. The largest absolute Gasteiger partial charge is 0.497 e. The van der Waals surface area contributed by atoms with Crippen molar-refractivity contribution in [3.05, 3.63) is 47.2 Å². The van der Waals surface area contributed by atoms with Crippen molar-refractivity contribution >= 4 is 23.2 Å². The van der Waals surface area contributed by atoms with E-state index >= 15 is 0 Å². The number of halogens is 1. The van der Waals surface area contributed by atoms with Crippen molar-refractivity contribution in [2.24, 2.45) is 0 Å². The van der Waals surface area contributed by atoms with Crippen LogP contribution in [-0.4, -0.2) is 27.3 Å². The molecule has 0 atom stereocenters. The van der Waals surface area contributed by atoms with Crippen molar-refractivity contribution in [2.45, 2.75) is 18.8 Å². The Bertz CT molecular complexity index is 858. The second kappa shape index (κ2) is 6.13. The van der Waals surface area contributed by atoms with Crippen LogP contribution in [0, 0.1) is 0 Å². The zero-order valence-corrected chi connectivity index (χ0v) is 13.8. The maximum atomic E-state index is 6.22. The number of rotatable bonds is 5. The van der Waals surface area contributed by atoms with Gasteiger partial charge in [0.05, 0.1) is 13.3 Å². The van der Waals surface area contributed by atoms with Gasteiger partial charge < -0.3 is 10.1 Å². The molecule has 1 aliphatic rings. The van der Waals surface area contributed by atoms with Crippen LogP contribution >= 0.6 is 11.6 Å². The molecular formula is C17H16ClN5O. The quantitative estimate of drug-likeness (QED) is 0.729. The minimum Gasteiger partial charge on any atom is -0.497 e. The van der Waals surface area contributed by atoms with E-state index in [9.17, 15) is 0 Å². The summed E-state index contributed by atoms with van der Waals surface area (Å²) in [6.45, 7) is 0. The number of nitrogens with zero attached hydrogens (tertiary/aromatic N) is 3. The number of H-pyrrole nitrogens is 1. The molecule has 1 aromatic carbocycles. The maximum absolute atomic E-state index is 6.22. The van der Waals surface area contributed by atoms with Crippen molar-refractivity contribution in [1.82, 2.24) is 20.2 Å². The predicted molar refractivity (Wildman–Crippen MR) is 92.9 cm³/mol.